The summed E-state index contributed by atoms with van der Waals surface area (Å²) in [6.45, 7) is 1.47. The average molecular weight is 363 g/mol. The third-order valence-electron chi connectivity index (χ3n) is 4.71. The first-order chi connectivity index (χ1) is 12.3. The fourth-order valence-electron chi connectivity index (χ4n) is 3.26. The van der Waals surface area contributed by atoms with E-state index in [2.05, 4.69) is 4.74 Å². The first-order valence-electron chi connectivity index (χ1n) is 8.29. The number of esters is 2. The van der Waals surface area contributed by atoms with Gasteiger partial charge in [-0.3, -0.25) is 19.7 Å². The van der Waals surface area contributed by atoms with Gasteiger partial charge >= 0.3 is 11.9 Å². The van der Waals surface area contributed by atoms with Crippen LogP contribution >= 0.6 is 0 Å². The highest BCUT2D eigenvalue weighted by atomic mass is 16.6. The van der Waals surface area contributed by atoms with Gasteiger partial charge in [-0.25, -0.2) is 4.79 Å². The molecule has 0 saturated heterocycles. The SMILES string of the molecule is COC(=O)c1ccc(COC(=O)C[C@@H]2C(=O)C[C@@H](C)[C@H]2C[N+](=O)[O-])cc1. The molecule has 0 radical (unpaired) electrons. The Morgan fingerprint density at radius 1 is 1.27 bits per heavy atom. The van der Waals surface area contributed by atoms with Gasteiger partial charge in [-0.05, 0) is 23.6 Å². The molecular weight excluding hydrogens is 342 g/mol. The fraction of sp³-hybridized carbons (Fsp3) is 0.500. The maximum atomic E-state index is 12.1. The second-order valence-corrected chi connectivity index (χ2v) is 6.49. The molecule has 8 heteroatoms. The van der Waals surface area contributed by atoms with E-state index < -0.39 is 28.7 Å². The number of benzene rings is 1. The van der Waals surface area contributed by atoms with Gasteiger partial charge in [-0.15, -0.1) is 0 Å². The van der Waals surface area contributed by atoms with Gasteiger partial charge in [0.25, 0.3) is 0 Å². The molecule has 0 spiro atoms. The van der Waals surface area contributed by atoms with Crippen molar-refractivity contribution in [1.29, 1.82) is 0 Å². The predicted molar refractivity (Wildman–Crippen MR) is 89.8 cm³/mol. The van der Waals surface area contributed by atoms with Crippen molar-refractivity contribution in [3.63, 3.8) is 0 Å². The lowest BCUT2D eigenvalue weighted by Gasteiger charge is -2.17. The summed E-state index contributed by atoms with van der Waals surface area (Å²) in [5.41, 5.74) is 1.06. The number of carbonyl (C=O) groups excluding carboxylic acids is 3. The number of ketones is 1. The first kappa shape index (κ1) is 19.6. The lowest BCUT2D eigenvalue weighted by Crippen LogP contribution is -2.27. The molecule has 0 heterocycles. The minimum absolute atomic E-state index is 0.00332. The van der Waals surface area contributed by atoms with Crippen LogP contribution < -0.4 is 0 Å². The van der Waals surface area contributed by atoms with Crippen LogP contribution in [0.4, 0.5) is 0 Å². The molecule has 0 amide bonds. The Morgan fingerprint density at radius 3 is 2.50 bits per heavy atom. The fourth-order valence-corrected chi connectivity index (χ4v) is 3.26. The zero-order valence-corrected chi connectivity index (χ0v) is 14.7. The molecule has 1 aromatic carbocycles. The lowest BCUT2D eigenvalue weighted by atomic mass is 9.88. The maximum Gasteiger partial charge on any atom is 0.337 e. The molecule has 3 atom stereocenters. The van der Waals surface area contributed by atoms with Crippen molar-refractivity contribution in [2.24, 2.45) is 17.8 Å². The summed E-state index contributed by atoms with van der Waals surface area (Å²) in [5, 5.41) is 10.8. The predicted octanol–water partition coefficient (Wildman–Crippen LogP) is 2.02. The highest BCUT2D eigenvalue weighted by molar-refractivity contribution is 5.89. The number of ether oxygens (including phenoxy) is 2. The van der Waals surface area contributed by atoms with Crippen molar-refractivity contribution < 1.29 is 28.8 Å². The summed E-state index contributed by atoms with van der Waals surface area (Å²) in [6.07, 6.45) is 0.105. The van der Waals surface area contributed by atoms with Crippen LogP contribution in [-0.2, 0) is 25.7 Å². The van der Waals surface area contributed by atoms with Crippen molar-refractivity contribution in [2.75, 3.05) is 13.7 Å². The van der Waals surface area contributed by atoms with Gasteiger partial charge in [-0.1, -0.05) is 19.1 Å². The molecule has 1 aromatic rings. The van der Waals surface area contributed by atoms with Gasteiger partial charge in [0.2, 0.25) is 6.54 Å². The molecule has 1 fully saturated rings. The topological polar surface area (TPSA) is 113 Å². The van der Waals surface area contributed by atoms with E-state index in [-0.39, 0.29) is 37.7 Å². The molecule has 0 N–H and O–H groups in total. The molecular formula is C18H21NO7. The molecule has 0 aromatic heterocycles. The molecule has 0 unspecified atom stereocenters. The number of nitrogens with zero attached hydrogens (tertiary/aromatic N) is 1. The second-order valence-electron chi connectivity index (χ2n) is 6.49. The zero-order valence-electron chi connectivity index (χ0n) is 14.7. The van der Waals surface area contributed by atoms with Crippen molar-refractivity contribution in [3.05, 3.63) is 45.5 Å². The highest BCUT2D eigenvalue weighted by Crippen LogP contribution is 2.36. The van der Waals surface area contributed by atoms with Crippen molar-refractivity contribution in [1.82, 2.24) is 0 Å². The number of hydrogen-bond donors (Lipinski definition) is 0. The minimum Gasteiger partial charge on any atom is -0.465 e. The van der Waals surface area contributed by atoms with Crippen LogP contribution in [0.25, 0.3) is 0 Å². The number of methoxy groups -OCH3 is 1. The van der Waals surface area contributed by atoms with E-state index in [4.69, 9.17) is 4.74 Å². The number of rotatable bonds is 7. The molecule has 1 aliphatic carbocycles. The maximum absolute atomic E-state index is 12.1. The first-order valence-corrected chi connectivity index (χ1v) is 8.29. The van der Waals surface area contributed by atoms with Crippen LogP contribution in [0.2, 0.25) is 0 Å². The molecule has 2 rings (SSSR count). The Morgan fingerprint density at radius 2 is 1.92 bits per heavy atom. The lowest BCUT2D eigenvalue weighted by molar-refractivity contribution is -0.490. The highest BCUT2D eigenvalue weighted by Gasteiger charge is 2.44. The number of nitro groups is 1. The van der Waals surface area contributed by atoms with Gasteiger partial charge in [0, 0.05) is 23.2 Å². The van der Waals surface area contributed by atoms with Crippen molar-refractivity contribution >= 4 is 17.7 Å². The quantitative estimate of drug-likeness (QED) is 0.414. The zero-order chi connectivity index (χ0) is 19.3. The van der Waals surface area contributed by atoms with Crippen LogP contribution in [0.1, 0.15) is 35.7 Å². The minimum atomic E-state index is -0.662. The normalized spacial score (nSPS) is 22.1. The Bertz CT molecular complexity index is 698. The molecule has 1 aliphatic rings. The summed E-state index contributed by atoms with van der Waals surface area (Å²) < 4.78 is 9.78. The second kappa shape index (κ2) is 8.55. The van der Waals surface area contributed by atoms with E-state index in [1.807, 2.05) is 0 Å². The summed E-state index contributed by atoms with van der Waals surface area (Å²) in [7, 11) is 1.29. The van der Waals surface area contributed by atoms with E-state index in [9.17, 15) is 24.5 Å². The largest absolute Gasteiger partial charge is 0.465 e. The Balaban J connectivity index is 1.90. The van der Waals surface area contributed by atoms with Crippen LogP contribution in [-0.4, -0.2) is 36.3 Å². The van der Waals surface area contributed by atoms with Crippen molar-refractivity contribution in [3.8, 4) is 0 Å². The molecule has 140 valence electrons. The smallest absolute Gasteiger partial charge is 0.337 e. The Kier molecular flexibility index (Phi) is 6.43. The van der Waals surface area contributed by atoms with E-state index in [0.29, 0.717) is 11.1 Å². The van der Waals surface area contributed by atoms with Gasteiger partial charge in [0.05, 0.1) is 19.1 Å². The van der Waals surface area contributed by atoms with Gasteiger partial charge in [-0.2, -0.15) is 0 Å². The number of Topliss-reactive ketones (excluding diaryl/α,β-unsaturated/α-hetero) is 1. The number of hydrogen-bond acceptors (Lipinski definition) is 7. The van der Waals surface area contributed by atoms with Crippen LogP contribution in [0.15, 0.2) is 24.3 Å². The average Bonchev–Trinajstić information content (AvgIpc) is 2.86. The monoisotopic (exact) mass is 363 g/mol. The third kappa shape index (κ3) is 4.87. The van der Waals surface area contributed by atoms with Gasteiger partial charge in [0.1, 0.15) is 12.4 Å². The van der Waals surface area contributed by atoms with Gasteiger partial charge in [0.15, 0.2) is 0 Å². The Labute approximate surface area is 150 Å². The molecule has 8 nitrogen and oxygen atoms in total. The molecule has 1 saturated carbocycles. The number of carbonyl (C=O) groups is 3. The van der Waals surface area contributed by atoms with E-state index >= 15 is 0 Å². The molecule has 0 bridgehead atoms. The summed E-state index contributed by atoms with van der Waals surface area (Å²) in [6, 6.07) is 6.39. The van der Waals surface area contributed by atoms with E-state index in [1.54, 1.807) is 31.2 Å². The summed E-state index contributed by atoms with van der Waals surface area (Å²) in [5.74, 6) is -2.36. The van der Waals surface area contributed by atoms with Crippen LogP contribution in [0, 0.1) is 27.9 Å². The van der Waals surface area contributed by atoms with E-state index in [1.165, 1.54) is 7.11 Å². The third-order valence-corrected chi connectivity index (χ3v) is 4.71. The summed E-state index contributed by atoms with van der Waals surface area (Å²) in [4.78, 5) is 45.8. The van der Waals surface area contributed by atoms with Crippen LogP contribution in [0.5, 0.6) is 0 Å². The van der Waals surface area contributed by atoms with Gasteiger partial charge < -0.3 is 9.47 Å². The molecule has 26 heavy (non-hydrogen) atoms. The molecule has 0 aliphatic heterocycles. The Hall–Kier alpha value is -2.77. The standard InChI is InChI=1S/C18H21NO7/c1-11-7-16(20)14(15(11)9-19(23)24)8-17(21)26-10-12-3-5-13(6-4-12)18(22)25-2/h3-6,11,14-15H,7-10H2,1-2H3/t11-,14+,15-/m1/s1. The van der Waals surface area contributed by atoms with Crippen LogP contribution in [0.3, 0.4) is 0 Å². The van der Waals surface area contributed by atoms with Crippen molar-refractivity contribution in [2.45, 2.75) is 26.4 Å². The summed E-state index contributed by atoms with van der Waals surface area (Å²) >= 11 is 0. The van der Waals surface area contributed by atoms with E-state index in [0.717, 1.165) is 0 Å².